The summed E-state index contributed by atoms with van der Waals surface area (Å²) in [5, 5.41) is 0.662. The maximum absolute atomic E-state index is 5.93. The Morgan fingerprint density at radius 3 is 2.95 bits per heavy atom. The number of rotatable bonds is 3. The van der Waals surface area contributed by atoms with Gasteiger partial charge in [0.15, 0.2) is 0 Å². The molecule has 3 rings (SSSR count). The lowest BCUT2D eigenvalue weighted by Gasteiger charge is -2.04. The van der Waals surface area contributed by atoms with E-state index in [0.29, 0.717) is 10.7 Å². The van der Waals surface area contributed by atoms with Crippen molar-refractivity contribution in [2.45, 2.75) is 10.6 Å². The van der Waals surface area contributed by atoms with Gasteiger partial charge in [-0.15, -0.1) is 11.8 Å². The quantitative estimate of drug-likeness (QED) is 0.588. The molecule has 0 bridgehead atoms. The standard InChI is InChI=1S/C14H12ClN3S/c15-10-4-5-13(12(16)7-10)19-9-11-8-18-6-2-1-3-14(18)17-11/h1-8H,9,16H2. The zero-order valence-electron chi connectivity index (χ0n) is 10.1. The number of nitrogens with zero attached hydrogens (tertiary/aromatic N) is 2. The van der Waals surface area contributed by atoms with Gasteiger partial charge >= 0.3 is 0 Å². The molecule has 5 heteroatoms. The molecule has 0 spiro atoms. The first-order chi connectivity index (χ1) is 9.22. The topological polar surface area (TPSA) is 43.3 Å². The molecule has 2 heterocycles. The van der Waals surface area contributed by atoms with Crippen LogP contribution in [-0.2, 0) is 5.75 Å². The van der Waals surface area contributed by atoms with Gasteiger partial charge in [-0.25, -0.2) is 4.98 Å². The molecule has 0 aliphatic rings. The lowest BCUT2D eigenvalue weighted by molar-refractivity contribution is 1.18. The van der Waals surface area contributed by atoms with Gasteiger partial charge in [-0.05, 0) is 30.3 Å². The van der Waals surface area contributed by atoms with Crippen molar-refractivity contribution in [2.75, 3.05) is 5.73 Å². The van der Waals surface area contributed by atoms with Crippen molar-refractivity contribution in [2.24, 2.45) is 0 Å². The largest absolute Gasteiger partial charge is 0.398 e. The van der Waals surface area contributed by atoms with Crippen LogP contribution in [-0.4, -0.2) is 9.38 Å². The number of fused-ring (bicyclic) bond motifs is 1. The Hall–Kier alpha value is -1.65. The molecule has 0 atom stereocenters. The number of aromatic nitrogens is 2. The maximum Gasteiger partial charge on any atom is 0.137 e. The van der Waals surface area contributed by atoms with Crippen molar-refractivity contribution in [3.8, 4) is 0 Å². The second-order valence-electron chi connectivity index (χ2n) is 4.17. The Kier molecular flexibility index (Phi) is 3.36. The molecule has 3 nitrogen and oxygen atoms in total. The summed E-state index contributed by atoms with van der Waals surface area (Å²) in [4.78, 5) is 5.58. The molecule has 0 fully saturated rings. The molecular weight excluding hydrogens is 278 g/mol. The highest BCUT2D eigenvalue weighted by Gasteiger charge is 2.04. The summed E-state index contributed by atoms with van der Waals surface area (Å²) in [5.74, 6) is 0.785. The van der Waals surface area contributed by atoms with Gasteiger partial charge in [0.2, 0.25) is 0 Å². The zero-order valence-corrected chi connectivity index (χ0v) is 11.7. The Labute approximate surface area is 120 Å². The number of nitrogens with two attached hydrogens (primary N) is 1. The van der Waals surface area contributed by atoms with E-state index in [1.54, 1.807) is 17.8 Å². The summed E-state index contributed by atoms with van der Waals surface area (Å²) in [6, 6.07) is 11.5. The number of pyridine rings is 1. The molecule has 0 amide bonds. The molecule has 2 N–H and O–H groups in total. The third-order valence-electron chi connectivity index (χ3n) is 2.76. The first-order valence-electron chi connectivity index (χ1n) is 5.83. The van der Waals surface area contributed by atoms with E-state index in [9.17, 15) is 0 Å². The number of halogens is 1. The van der Waals surface area contributed by atoms with Crippen molar-refractivity contribution in [1.82, 2.24) is 9.38 Å². The van der Waals surface area contributed by atoms with Crippen molar-refractivity contribution < 1.29 is 0 Å². The van der Waals surface area contributed by atoms with E-state index in [0.717, 1.165) is 22.0 Å². The molecule has 96 valence electrons. The van der Waals surface area contributed by atoms with Crippen LogP contribution in [0.15, 0.2) is 53.7 Å². The van der Waals surface area contributed by atoms with E-state index in [-0.39, 0.29) is 0 Å². The lowest BCUT2D eigenvalue weighted by atomic mass is 10.3. The van der Waals surface area contributed by atoms with Crippen LogP contribution in [0.3, 0.4) is 0 Å². The van der Waals surface area contributed by atoms with Gasteiger partial charge < -0.3 is 10.1 Å². The van der Waals surface area contributed by atoms with E-state index in [4.69, 9.17) is 17.3 Å². The van der Waals surface area contributed by atoms with Crippen molar-refractivity contribution in [1.29, 1.82) is 0 Å². The first kappa shape index (κ1) is 12.4. The molecule has 0 saturated heterocycles. The maximum atomic E-state index is 5.93. The molecule has 19 heavy (non-hydrogen) atoms. The van der Waals surface area contributed by atoms with E-state index in [1.165, 1.54) is 0 Å². The van der Waals surface area contributed by atoms with Crippen LogP contribution >= 0.6 is 23.4 Å². The fraction of sp³-hybridized carbons (Fsp3) is 0.0714. The number of imidazole rings is 1. The van der Waals surface area contributed by atoms with Crippen molar-refractivity contribution in [3.05, 3.63) is 59.5 Å². The number of anilines is 1. The number of hydrogen-bond acceptors (Lipinski definition) is 3. The second-order valence-corrected chi connectivity index (χ2v) is 5.62. The van der Waals surface area contributed by atoms with Crippen LogP contribution in [0.5, 0.6) is 0 Å². The second kappa shape index (κ2) is 5.15. The van der Waals surface area contributed by atoms with Gasteiger partial charge in [-0.3, -0.25) is 0 Å². The van der Waals surface area contributed by atoms with Crippen LogP contribution in [0, 0.1) is 0 Å². The van der Waals surface area contributed by atoms with E-state index >= 15 is 0 Å². The minimum atomic E-state index is 0.662. The highest BCUT2D eigenvalue weighted by molar-refractivity contribution is 7.98. The molecule has 0 aliphatic heterocycles. The Morgan fingerprint density at radius 1 is 1.26 bits per heavy atom. The number of benzene rings is 1. The summed E-state index contributed by atoms with van der Waals surface area (Å²) in [7, 11) is 0. The number of thioether (sulfide) groups is 1. The third-order valence-corrected chi connectivity index (χ3v) is 4.12. The Morgan fingerprint density at radius 2 is 2.16 bits per heavy atom. The molecule has 1 aromatic carbocycles. The smallest absolute Gasteiger partial charge is 0.137 e. The Balaban J connectivity index is 1.78. The van der Waals surface area contributed by atoms with E-state index in [1.807, 2.05) is 47.1 Å². The summed E-state index contributed by atoms with van der Waals surface area (Å²) < 4.78 is 2.01. The molecule has 0 aliphatic carbocycles. The minimum absolute atomic E-state index is 0.662. The highest BCUT2D eigenvalue weighted by atomic mass is 35.5. The van der Waals surface area contributed by atoms with Gasteiger partial charge in [-0.2, -0.15) is 0 Å². The van der Waals surface area contributed by atoms with Crippen molar-refractivity contribution in [3.63, 3.8) is 0 Å². The molecule has 2 aromatic heterocycles. The van der Waals surface area contributed by atoms with Gasteiger partial charge in [-0.1, -0.05) is 17.7 Å². The van der Waals surface area contributed by atoms with Crippen LogP contribution in [0.25, 0.3) is 5.65 Å². The van der Waals surface area contributed by atoms with Crippen LogP contribution < -0.4 is 5.73 Å². The summed E-state index contributed by atoms with van der Waals surface area (Å²) in [6.45, 7) is 0. The SMILES string of the molecule is Nc1cc(Cl)ccc1SCc1cn2ccccc2n1. The average Bonchev–Trinajstić information content (AvgIpc) is 2.80. The molecular formula is C14H12ClN3S. The summed E-state index contributed by atoms with van der Waals surface area (Å²) in [5.41, 5.74) is 8.63. The first-order valence-corrected chi connectivity index (χ1v) is 7.19. The zero-order chi connectivity index (χ0) is 13.2. The van der Waals surface area contributed by atoms with Gasteiger partial charge in [0.1, 0.15) is 5.65 Å². The number of hydrogen-bond donors (Lipinski definition) is 1. The van der Waals surface area contributed by atoms with Gasteiger partial charge in [0, 0.05) is 33.8 Å². The fourth-order valence-electron chi connectivity index (χ4n) is 1.86. The lowest BCUT2D eigenvalue weighted by Crippen LogP contribution is -1.89. The summed E-state index contributed by atoms with van der Waals surface area (Å²) in [6.07, 6.45) is 4.03. The van der Waals surface area contributed by atoms with E-state index < -0.39 is 0 Å². The average molecular weight is 290 g/mol. The highest BCUT2D eigenvalue weighted by Crippen LogP contribution is 2.29. The third kappa shape index (κ3) is 2.69. The van der Waals surface area contributed by atoms with Crippen LogP contribution in [0.2, 0.25) is 5.02 Å². The number of nitrogen functional groups attached to an aromatic ring is 1. The van der Waals surface area contributed by atoms with Crippen LogP contribution in [0.1, 0.15) is 5.69 Å². The van der Waals surface area contributed by atoms with Crippen LogP contribution in [0.4, 0.5) is 5.69 Å². The monoisotopic (exact) mass is 289 g/mol. The van der Waals surface area contributed by atoms with E-state index in [2.05, 4.69) is 4.98 Å². The Bertz CT molecular complexity index is 691. The predicted molar refractivity (Wildman–Crippen MR) is 80.6 cm³/mol. The van der Waals surface area contributed by atoms with Crippen molar-refractivity contribution >= 4 is 34.7 Å². The molecule has 3 aromatic rings. The predicted octanol–water partition coefficient (Wildman–Crippen LogP) is 3.86. The minimum Gasteiger partial charge on any atom is -0.398 e. The summed E-state index contributed by atoms with van der Waals surface area (Å²) >= 11 is 7.55. The molecule has 0 radical (unpaired) electrons. The molecule has 0 unspecified atom stereocenters. The van der Waals surface area contributed by atoms with Gasteiger partial charge in [0.25, 0.3) is 0 Å². The molecule has 0 saturated carbocycles. The fourth-order valence-corrected chi connectivity index (χ4v) is 2.87. The normalized spacial score (nSPS) is 11.0. The van der Waals surface area contributed by atoms with Gasteiger partial charge in [0.05, 0.1) is 5.69 Å².